The van der Waals surface area contributed by atoms with Crippen molar-refractivity contribution in [3.63, 3.8) is 0 Å². The van der Waals surface area contributed by atoms with Crippen LogP contribution in [0.4, 0.5) is 0 Å². The molecule has 78 valence electrons. The molecule has 1 N–H and O–H groups in total. The molecular weight excluding hydrogens is 174 g/mol. The molecule has 2 saturated carbocycles. The van der Waals surface area contributed by atoms with Gasteiger partial charge in [0.15, 0.2) is 0 Å². The molecule has 0 unspecified atom stereocenters. The van der Waals surface area contributed by atoms with Gasteiger partial charge in [0.25, 0.3) is 0 Å². The summed E-state index contributed by atoms with van der Waals surface area (Å²) in [6, 6.07) is 0. The van der Waals surface area contributed by atoms with E-state index in [-0.39, 0.29) is 0 Å². The van der Waals surface area contributed by atoms with Gasteiger partial charge in [-0.3, -0.25) is 4.79 Å². The van der Waals surface area contributed by atoms with E-state index in [1.165, 1.54) is 44.9 Å². The summed E-state index contributed by atoms with van der Waals surface area (Å²) in [4.78, 5) is 11.3. The zero-order valence-corrected chi connectivity index (χ0v) is 8.72. The normalized spacial score (nSPS) is 42.9. The molecular formula is C12H19NO. The van der Waals surface area contributed by atoms with Gasteiger partial charge >= 0.3 is 0 Å². The quantitative estimate of drug-likeness (QED) is 0.679. The van der Waals surface area contributed by atoms with Crippen molar-refractivity contribution in [2.45, 2.75) is 44.9 Å². The second kappa shape index (κ2) is 2.98. The second-order valence-electron chi connectivity index (χ2n) is 5.52. The Morgan fingerprint density at radius 2 is 1.86 bits per heavy atom. The van der Waals surface area contributed by atoms with Crippen LogP contribution < -0.4 is 5.32 Å². The van der Waals surface area contributed by atoms with E-state index in [9.17, 15) is 4.79 Å². The lowest BCUT2D eigenvalue weighted by Gasteiger charge is -2.56. The van der Waals surface area contributed by atoms with Crippen molar-refractivity contribution in [2.75, 3.05) is 6.54 Å². The van der Waals surface area contributed by atoms with Crippen LogP contribution in [0.1, 0.15) is 44.9 Å². The predicted octanol–water partition coefficient (Wildman–Crippen LogP) is 2.09. The number of nitrogens with one attached hydrogen (secondary N) is 1. The third kappa shape index (κ3) is 1.12. The first-order valence-corrected chi connectivity index (χ1v) is 6.08. The predicted molar refractivity (Wildman–Crippen MR) is 54.7 cm³/mol. The smallest absolute Gasteiger partial charge is 0.223 e. The fraction of sp³-hybridized carbons (Fsp3) is 0.917. The van der Waals surface area contributed by atoms with E-state index in [2.05, 4.69) is 5.32 Å². The summed E-state index contributed by atoms with van der Waals surface area (Å²) in [5.41, 5.74) is 0.541. The number of hydrogen-bond acceptors (Lipinski definition) is 1. The average molecular weight is 193 g/mol. The van der Waals surface area contributed by atoms with Crippen molar-refractivity contribution in [1.82, 2.24) is 5.32 Å². The average Bonchev–Trinajstić information content (AvgIpc) is 2.18. The molecule has 0 aromatic heterocycles. The number of fused-ring (bicyclic) bond motifs is 2. The van der Waals surface area contributed by atoms with Gasteiger partial charge < -0.3 is 5.32 Å². The van der Waals surface area contributed by atoms with Crippen molar-refractivity contribution in [3.05, 3.63) is 0 Å². The fourth-order valence-corrected chi connectivity index (χ4v) is 3.85. The van der Waals surface area contributed by atoms with Crippen LogP contribution in [0.5, 0.6) is 0 Å². The highest BCUT2D eigenvalue weighted by Crippen LogP contribution is 2.56. The number of rotatable bonds is 1. The molecule has 0 spiro atoms. The molecule has 0 radical (unpaired) electrons. The molecule has 1 amide bonds. The van der Waals surface area contributed by atoms with Gasteiger partial charge in [-0.2, -0.15) is 0 Å². The minimum Gasteiger partial charge on any atom is -0.355 e. The third-order valence-corrected chi connectivity index (χ3v) is 4.76. The highest BCUT2D eigenvalue weighted by atomic mass is 16.2. The van der Waals surface area contributed by atoms with E-state index in [4.69, 9.17) is 0 Å². The molecule has 4 rings (SSSR count). The Morgan fingerprint density at radius 3 is 2.43 bits per heavy atom. The van der Waals surface area contributed by atoms with Gasteiger partial charge in [-0.05, 0) is 37.0 Å². The summed E-state index contributed by atoms with van der Waals surface area (Å²) in [6.07, 6.45) is 9.51. The van der Waals surface area contributed by atoms with Crippen LogP contribution >= 0.6 is 0 Å². The molecule has 0 aromatic rings. The SMILES string of the molecule is O=C1NCC2(C3CCCCC3)CC1C2. The monoisotopic (exact) mass is 193 g/mol. The van der Waals surface area contributed by atoms with Gasteiger partial charge in [0.2, 0.25) is 5.91 Å². The van der Waals surface area contributed by atoms with E-state index < -0.39 is 0 Å². The number of piperidine rings is 2. The molecule has 0 aromatic carbocycles. The molecule has 2 bridgehead atoms. The molecule has 2 heteroatoms. The lowest BCUT2D eigenvalue weighted by atomic mass is 9.51. The van der Waals surface area contributed by atoms with Gasteiger partial charge in [-0.1, -0.05) is 19.3 Å². The van der Waals surface area contributed by atoms with Gasteiger partial charge in [-0.25, -0.2) is 0 Å². The maximum absolute atomic E-state index is 11.3. The summed E-state index contributed by atoms with van der Waals surface area (Å²) < 4.78 is 0. The summed E-state index contributed by atoms with van der Waals surface area (Å²) in [6.45, 7) is 0.979. The van der Waals surface area contributed by atoms with Gasteiger partial charge in [0.05, 0.1) is 0 Å². The highest BCUT2D eigenvalue weighted by molar-refractivity contribution is 5.81. The summed E-state index contributed by atoms with van der Waals surface area (Å²) >= 11 is 0. The van der Waals surface area contributed by atoms with Crippen molar-refractivity contribution < 1.29 is 4.79 Å². The Morgan fingerprint density at radius 1 is 1.14 bits per heavy atom. The lowest BCUT2D eigenvalue weighted by molar-refractivity contribution is -0.146. The Balaban J connectivity index is 1.70. The van der Waals surface area contributed by atoms with E-state index in [0.717, 1.165) is 12.5 Å². The van der Waals surface area contributed by atoms with Crippen LogP contribution in [-0.4, -0.2) is 12.5 Å². The first-order chi connectivity index (χ1) is 6.80. The minimum absolute atomic E-state index is 0.322. The van der Waals surface area contributed by atoms with E-state index >= 15 is 0 Å². The molecule has 4 fully saturated rings. The maximum Gasteiger partial charge on any atom is 0.223 e. The summed E-state index contributed by atoms with van der Waals surface area (Å²) in [5, 5.41) is 3.08. The Kier molecular flexibility index (Phi) is 1.86. The van der Waals surface area contributed by atoms with Crippen LogP contribution in [0.15, 0.2) is 0 Å². The topological polar surface area (TPSA) is 29.1 Å². The van der Waals surface area contributed by atoms with Crippen LogP contribution in [0.25, 0.3) is 0 Å². The number of carbonyl (C=O) groups excluding carboxylic acids is 1. The standard InChI is InChI=1S/C12H19NO/c14-11-9-6-12(7-9,8-13-11)10-4-2-1-3-5-10/h9-10H,1-8H2,(H,13,14). The molecule has 2 aliphatic carbocycles. The van der Waals surface area contributed by atoms with Gasteiger partial charge in [0, 0.05) is 12.5 Å². The van der Waals surface area contributed by atoms with Crippen LogP contribution in [0.2, 0.25) is 0 Å². The first kappa shape index (κ1) is 8.75. The Bertz CT molecular complexity index is 244. The van der Waals surface area contributed by atoms with Crippen molar-refractivity contribution in [1.29, 1.82) is 0 Å². The van der Waals surface area contributed by atoms with Crippen LogP contribution in [0.3, 0.4) is 0 Å². The van der Waals surface area contributed by atoms with Crippen molar-refractivity contribution in [3.8, 4) is 0 Å². The Labute approximate surface area is 85.4 Å². The lowest BCUT2D eigenvalue weighted by Crippen LogP contribution is -2.61. The molecule has 0 atom stereocenters. The largest absolute Gasteiger partial charge is 0.355 e. The van der Waals surface area contributed by atoms with E-state index in [0.29, 0.717) is 17.2 Å². The zero-order chi connectivity index (χ0) is 9.60. The molecule has 2 aliphatic heterocycles. The maximum atomic E-state index is 11.3. The second-order valence-corrected chi connectivity index (χ2v) is 5.52. The number of hydrogen-bond donors (Lipinski definition) is 1. The molecule has 2 nitrogen and oxygen atoms in total. The van der Waals surface area contributed by atoms with Gasteiger partial charge in [0.1, 0.15) is 0 Å². The van der Waals surface area contributed by atoms with Crippen LogP contribution in [0, 0.1) is 17.3 Å². The number of amides is 1. The Hall–Kier alpha value is -0.530. The summed E-state index contributed by atoms with van der Waals surface area (Å²) in [7, 11) is 0. The van der Waals surface area contributed by atoms with Crippen molar-refractivity contribution in [2.24, 2.45) is 17.3 Å². The van der Waals surface area contributed by atoms with E-state index in [1.807, 2.05) is 0 Å². The first-order valence-electron chi connectivity index (χ1n) is 6.08. The highest BCUT2D eigenvalue weighted by Gasteiger charge is 2.54. The third-order valence-electron chi connectivity index (χ3n) is 4.76. The van der Waals surface area contributed by atoms with E-state index in [1.54, 1.807) is 0 Å². The fourth-order valence-electron chi connectivity index (χ4n) is 3.85. The zero-order valence-electron chi connectivity index (χ0n) is 8.72. The summed E-state index contributed by atoms with van der Waals surface area (Å²) in [5.74, 6) is 1.63. The number of carbonyl (C=O) groups is 1. The molecule has 2 heterocycles. The van der Waals surface area contributed by atoms with Crippen LogP contribution in [-0.2, 0) is 4.79 Å². The molecule has 4 aliphatic rings. The molecule has 2 saturated heterocycles. The van der Waals surface area contributed by atoms with Crippen molar-refractivity contribution >= 4 is 5.91 Å². The van der Waals surface area contributed by atoms with Gasteiger partial charge in [-0.15, -0.1) is 0 Å². The minimum atomic E-state index is 0.322. The molecule has 14 heavy (non-hydrogen) atoms.